The molecule has 0 fully saturated rings. The van der Waals surface area contributed by atoms with Crippen LogP contribution >= 0.6 is 0 Å². The van der Waals surface area contributed by atoms with E-state index >= 15 is 0 Å². The predicted octanol–water partition coefficient (Wildman–Crippen LogP) is 9.65. The van der Waals surface area contributed by atoms with Crippen molar-refractivity contribution in [3.05, 3.63) is 215 Å². The summed E-state index contributed by atoms with van der Waals surface area (Å²) in [6.45, 7) is 0. The van der Waals surface area contributed by atoms with Crippen molar-refractivity contribution in [3.63, 3.8) is 0 Å². The van der Waals surface area contributed by atoms with Crippen LogP contribution in [0.4, 0.5) is 0 Å². The molecule has 0 N–H and O–H groups in total. The fraction of sp³-hybridized carbons (Fsp3) is 0.143. The predicted molar refractivity (Wildman–Crippen MR) is 192 cm³/mol. The number of hydrogen-bond acceptors (Lipinski definition) is 0. The molecule has 0 aliphatic rings. The Balaban J connectivity index is 0.000000175. The van der Waals surface area contributed by atoms with Crippen molar-refractivity contribution in [2.75, 3.05) is 0 Å². The quantitative estimate of drug-likeness (QED) is 0.109. The van der Waals surface area contributed by atoms with Gasteiger partial charge >= 0.3 is 282 Å². The third-order valence-electron chi connectivity index (χ3n) is 7.78. The summed E-state index contributed by atoms with van der Waals surface area (Å²) in [5, 5.41) is 0. The molecule has 0 saturated carbocycles. The van der Waals surface area contributed by atoms with Crippen molar-refractivity contribution in [2.45, 2.75) is 26.6 Å². The van der Waals surface area contributed by atoms with Gasteiger partial charge in [-0.05, 0) is 0 Å². The van der Waals surface area contributed by atoms with E-state index in [0.717, 1.165) is 0 Å². The van der Waals surface area contributed by atoms with Crippen molar-refractivity contribution in [2.24, 2.45) is 0 Å². The number of benzene rings is 6. The molecule has 0 nitrogen and oxygen atoms in total. The minimum atomic E-state index is -1.56. The van der Waals surface area contributed by atoms with Gasteiger partial charge in [0.1, 0.15) is 0 Å². The molecule has 0 bridgehead atoms. The van der Waals surface area contributed by atoms with E-state index in [0.29, 0.717) is 0 Å². The second-order valence-corrected chi connectivity index (χ2v) is 26.1. The molecule has 0 heterocycles. The Kier molecular flexibility index (Phi) is 13.7. The minimum absolute atomic E-state index is 1.33. The van der Waals surface area contributed by atoms with Gasteiger partial charge in [0.25, 0.3) is 0 Å². The van der Waals surface area contributed by atoms with Gasteiger partial charge in [-0.3, -0.25) is 0 Å². The van der Waals surface area contributed by atoms with Gasteiger partial charge in [0.15, 0.2) is 0 Å². The van der Waals surface area contributed by atoms with Gasteiger partial charge in [-0.15, -0.1) is 0 Å². The first kappa shape index (κ1) is 32.3. The Bertz CT molecular complexity index is 1250. The van der Waals surface area contributed by atoms with Crippen LogP contribution in [0, 0.1) is 0 Å². The van der Waals surface area contributed by atoms with E-state index in [4.69, 9.17) is 0 Å². The van der Waals surface area contributed by atoms with Crippen LogP contribution in [0.5, 0.6) is 0 Å². The van der Waals surface area contributed by atoms with E-state index in [-0.39, 0.29) is 0 Å². The van der Waals surface area contributed by atoms with Crippen molar-refractivity contribution in [1.29, 1.82) is 0 Å². The molecule has 0 unspecified atom stereocenters. The van der Waals surface area contributed by atoms with Crippen LogP contribution in [0.2, 0.25) is 0 Å². The van der Waals surface area contributed by atoms with Crippen LogP contribution < -0.4 is 0 Å². The van der Waals surface area contributed by atoms with Crippen LogP contribution in [0.1, 0.15) is 33.4 Å². The van der Waals surface area contributed by atoms with Crippen LogP contribution in [0.3, 0.4) is 0 Å². The normalized spacial score (nSPS) is 10.8. The van der Waals surface area contributed by atoms with Crippen LogP contribution in [-0.2, 0) is 26.6 Å². The Morgan fingerprint density at radius 1 is 0.205 bits per heavy atom. The summed E-state index contributed by atoms with van der Waals surface area (Å²) in [4.78, 5) is 0. The average molecular weight is 784 g/mol. The average Bonchev–Trinajstić information content (AvgIpc) is 3.08. The van der Waals surface area contributed by atoms with E-state index in [1.54, 1.807) is 0 Å². The summed E-state index contributed by atoms with van der Waals surface area (Å²) in [7, 11) is 0. The molecule has 0 atom stereocenters. The van der Waals surface area contributed by atoms with Crippen LogP contribution in [0.25, 0.3) is 0 Å². The van der Waals surface area contributed by atoms with E-state index in [2.05, 4.69) is 182 Å². The zero-order valence-corrected chi connectivity index (χ0v) is 31.3. The molecule has 218 valence electrons. The molecule has 0 saturated heterocycles. The van der Waals surface area contributed by atoms with Crippen molar-refractivity contribution in [3.8, 4) is 0 Å². The molecule has 0 aliphatic carbocycles. The van der Waals surface area contributed by atoms with Gasteiger partial charge in [-0.2, -0.15) is 0 Å². The van der Waals surface area contributed by atoms with Crippen molar-refractivity contribution >= 4 is 39.5 Å². The third-order valence-corrected chi connectivity index (χ3v) is 23.3. The molecule has 0 aromatic heterocycles. The fourth-order valence-electron chi connectivity index (χ4n) is 5.68. The maximum absolute atomic E-state index is 2.29. The number of hydrogen-bond donors (Lipinski definition) is 0. The SMILES string of the molecule is c1ccc([CH2][Sn]([CH2]c2ccccc2)[CH2]c2ccccc2)cc1.c1ccc([CH2][Sn]([CH2]c2ccccc2)[CH2]c2ccccc2)cc1. The fourth-order valence-corrected chi connectivity index (χ4v) is 21.7. The van der Waals surface area contributed by atoms with Crippen LogP contribution in [-0.4, -0.2) is 39.5 Å². The summed E-state index contributed by atoms with van der Waals surface area (Å²) in [5.41, 5.74) is 9.10. The molecule has 0 spiro atoms. The van der Waals surface area contributed by atoms with Gasteiger partial charge in [-0.1, -0.05) is 0 Å². The molecular formula is C42H42Sn2. The zero-order valence-electron chi connectivity index (χ0n) is 25.6. The molecule has 6 aromatic rings. The number of rotatable bonds is 12. The summed E-state index contributed by atoms with van der Waals surface area (Å²) in [6, 6.07) is 66.1. The van der Waals surface area contributed by atoms with Crippen molar-refractivity contribution in [1.82, 2.24) is 0 Å². The summed E-state index contributed by atoms with van der Waals surface area (Å²) >= 11 is -3.11. The van der Waals surface area contributed by atoms with Gasteiger partial charge in [-0.25, -0.2) is 0 Å². The van der Waals surface area contributed by atoms with Crippen molar-refractivity contribution < 1.29 is 0 Å². The second kappa shape index (κ2) is 18.7. The monoisotopic (exact) mass is 786 g/mol. The first-order valence-electron chi connectivity index (χ1n) is 15.7. The van der Waals surface area contributed by atoms with Crippen LogP contribution in [0.15, 0.2) is 182 Å². The Hall–Kier alpha value is -3.08. The van der Waals surface area contributed by atoms with E-state index in [9.17, 15) is 0 Å². The van der Waals surface area contributed by atoms with Gasteiger partial charge in [0.2, 0.25) is 0 Å². The first-order valence-corrected chi connectivity index (χ1v) is 27.8. The standard InChI is InChI=1S/6C7H7.2Sn/c6*1-7-5-3-2-4-6-7;;/h6*2-6H,1H2;;. The Morgan fingerprint density at radius 2 is 0.341 bits per heavy atom. The van der Waals surface area contributed by atoms with Gasteiger partial charge < -0.3 is 0 Å². The van der Waals surface area contributed by atoms with E-state index < -0.39 is 39.5 Å². The molecule has 0 aliphatic heterocycles. The Morgan fingerprint density at radius 3 is 0.477 bits per heavy atom. The maximum atomic E-state index is 2.29. The molecule has 2 heteroatoms. The van der Waals surface area contributed by atoms with E-state index in [1.807, 2.05) is 0 Å². The summed E-state index contributed by atoms with van der Waals surface area (Å²) in [5.74, 6) is 0. The summed E-state index contributed by atoms with van der Waals surface area (Å²) in [6.07, 6.45) is 0. The van der Waals surface area contributed by atoms with Gasteiger partial charge in [0, 0.05) is 0 Å². The van der Waals surface area contributed by atoms with E-state index in [1.165, 1.54) is 60.0 Å². The molecule has 2 radical (unpaired) electrons. The van der Waals surface area contributed by atoms with Gasteiger partial charge in [0.05, 0.1) is 0 Å². The topological polar surface area (TPSA) is 0 Å². The first-order chi connectivity index (χ1) is 21.8. The molecule has 6 rings (SSSR count). The summed E-state index contributed by atoms with van der Waals surface area (Å²) < 4.78 is 7.96. The molecule has 6 aromatic carbocycles. The third kappa shape index (κ3) is 11.8. The second-order valence-electron chi connectivity index (χ2n) is 11.5. The zero-order chi connectivity index (χ0) is 30.1. The molecular weight excluding hydrogens is 742 g/mol. The Labute approximate surface area is 279 Å². The molecule has 0 amide bonds. The molecule has 44 heavy (non-hydrogen) atoms.